The molecule has 0 aliphatic carbocycles. The number of aromatic nitrogens is 7. The number of fused-ring (bicyclic) bond motifs is 1. The molecule has 0 radical (unpaired) electrons. The standard InChI is InChI=1S/C26H26N8/c1-4-17(5-2)19-13-25(32-29-15-19)31-24-7-6-22-23(30-24)12-20(14-28-22)21-16-34(3)33-26(21)18-8-10-27-11-9-18/h6-17H,4-5H2,1-3H3,(H,30,31,32). The first-order valence-corrected chi connectivity index (χ1v) is 11.5. The molecular formula is C26H26N8. The predicted molar refractivity (Wildman–Crippen MR) is 134 cm³/mol. The highest BCUT2D eigenvalue weighted by atomic mass is 15.3. The summed E-state index contributed by atoms with van der Waals surface area (Å²) in [6, 6.07) is 11.9. The third kappa shape index (κ3) is 4.34. The van der Waals surface area contributed by atoms with Gasteiger partial charge in [0.05, 0.1) is 17.2 Å². The lowest BCUT2D eigenvalue weighted by molar-refractivity contribution is 0.637. The fourth-order valence-corrected chi connectivity index (χ4v) is 4.20. The Bertz CT molecular complexity index is 1420. The van der Waals surface area contributed by atoms with Gasteiger partial charge in [0.15, 0.2) is 5.82 Å². The van der Waals surface area contributed by atoms with Crippen LogP contribution in [0.5, 0.6) is 0 Å². The summed E-state index contributed by atoms with van der Waals surface area (Å²) in [5.74, 6) is 1.86. The van der Waals surface area contributed by atoms with Gasteiger partial charge in [0.2, 0.25) is 0 Å². The van der Waals surface area contributed by atoms with E-state index in [0.717, 1.165) is 46.3 Å². The second-order valence-corrected chi connectivity index (χ2v) is 8.27. The van der Waals surface area contributed by atoms with Crippen LogP contribution >= 0.6 is 0 Å². The minimum Gasteiger partial charge on any atom is -0.323 e. The van der Waals surface area contributed by atoms with Crippen LogP contribution in [0.4, 0.5) is 11.6 Å². The third-order valence-electron chi connectivity index (χ3n) is 6.02. The number of pyridine rings is 3. The molecule has 0 atom stereocenters. The molecule has 8 heteroatoms. The van der Waals surface area contributed by atoms with E-state index in [1.807, 2.05) is 60.7 Å². The summed E-state index contributed by atoms with van der Waals surface area (Å²) in [5, 5.41) is 16.4. The quantitative estimate of drug-likeness (QED) is 0.348. The first kappa shape index (κ1) is 21.6. The first-order chi connectivity index (χ1) is 16.6. The lowest BCUT2D eigenvalue weighted by Gasteiger charge is -2.13. The Morgan fingerprint density at radius 3 is 2.53 bits per heavy atom. The van der Waals surface area contributed by atoms with Crippen molar-refractivity contribution in [2.75, 3.05) is 5.32 Å². The van der Waals surface area contributed by atoms with E-state index in [-0.39, 0.29) is 0 Å². The van der Waals surface area contributed by atoms with Crippen LogP contribution in [0.15, 0.2) is 67.4 Å². The molecule has 0 fully saturated rings. The van der Waals surface area contributed by atoms with Gasteiger partial charge in [-0.1, -0.05) is 13.8 Å². The Morgan fingerprint density at radius 2 is 1.74 bits per heavy atom. The minimum absolute atomic E-state index is 0.474. The van der Waals surface area contributed by atoms with E-state index in [0.29, 0.717) is 17.6 Å². The van der Waals surface area contributed by atoms with Gasteiger partial charge in [0.1, 0.15) is 11.5 Å². The van der Waals surface area contributed by atoms with Gasteiger partial charge in [-0.25, -0.2) is 4.98 Å². The molecule has 0 unspecified atom stereocenters. The van der Waals surface area contributed by atoms with Crippen LogP contribution in [0.1, 0.15) is 38.2 Å². The highest BCUT2D eigenvalue weighted by Crippen LogP contribution is 2.32. The van der Waals surface area contributed by atoms with Gasteiger partial charge in [-0.15, -0.1) is 5.10 Å². The van der Waals surface area contributed by atoms with Crippen molar-refractivity contribution < 1.29 is 0 Å². The number of rotatable bonds is 7. The van der Waals surface area contributed by atoms with Crippen LogP contribution in [0.2, 0.25) is 0 Å². The average Bonchev–Trinajstić information content (AvgIpc) is 3.27. The van der Waals surface area contributed by atoms with E-state index in [4.69, 9.17) is 4.98 Å². The zero-order chi connectivity index (χ0) is 23.5. The van der Waals surface area contributed by atoms with Gasteiger partial charge >= 0.3 is 0 Å². The summed E-state index contributed by atoms with van der Waals surface area (Å²) in [6.45, 7) is 4.39. The van der Waals surface area contributed by atoms with E-state index >= 15 is 0 Å². The fraction of sp³-hybridized carbons (Fsp3) is 0.231. The fourth-order valence-electron chi connectivity index (χ4n) is 4.20. The normalized spacial score (nSPS) is 11.3. The van der Waals surface area contributed by atoms with Crippen molar-refractivity contribution in [2.45, 2.75) is 32.6 Å². The second-order valence-electron chi connectivity index (χ2n) is 8.27. The minimum atomic E-state index is 0.474. The molecule has 0 aliphatic heterocycles. The maximum absolute atomic E-state index is 4.80. The molecule has 34 heavy (non-hydrogen) atoms. The molecule has 0 saturated heterocycles. The van der Waals surface area contributed by atoms with Crippen LogP contribution in [0.3, 0.4) is 0 Å². The zero-order valence-corrected chi connectivity index (χ0v) is 19.5. The molecule has 170 valence electrons. The van der Waals surface area contributed by atoms with Crippen molar-refractivity contribution >= 4 is 22.7 Å². The van der Waals surface area contributed by atoms with E-state index in [1.165, 1.54) is 5.56 Å². The number of aryl methyl sites for hydroxylation is 1. The smallest absolute Gasteiger partial charge is 0.154 e. The van der Waals surface area contributed by atoms with E-state index < -0.39 is 0 Å². The molecule has 8 nitrogen and oxygen atoms in total. The van der Waals surface area contributed by atoms with Crippen molar-refractivity contribution in [1.29, 1.82) is 0 Å². The van der Waals surface area contributed by atoms with Crippen LogP contribution in [0.25, 0.3) is 33.4 Å². The van der Waals surface area contributed by atoms with Crippen molar-refractivity contribution in [1.82, 2.24) is 34.9 Å². The molecule has 5 aromatic rings. The van der Waals surface area contributed by atoms with Gasteiger partial charge in [-0.3, -0.25) is 14.6 Å². The maximum Gasteiger partial charge on any atom is 0.154 e. The van der Waals surface area contributed by atoms with Crippen molar-refractivity contribution in [2.24, 2.45) is 7.05 Å². The summed E-state index contributed by atoms with van der Waals surface area (Å²) in [5.41, 5.74) is 6.63. The van der Waals surface area contributed by atoms with Crippen LogP contribution in [0, 0.1) is 0 Å². The largest absolute Gasteiger partial charge is 0.323 e. The molecule has 5 heterocycles. The molecule has 0 amide bonds. The van der Waals surface area contributed by atoms with Gasteiger partial charge in [-0.05, 0) is 60.7 Å². The summed E-state index contributed by atoms with van der Waals surface area (Å²) >= 11 is 0. The Balaban J connectivity index is 1.49. The molecule has 1 N–H and O–H groups in total. The van der Waals surface area contributed by atoms with Gasteiger partial charge < -0.3 is 5.32 Å². The van der Waals surface area contributed by atoms with Gasteiger partial charge in [0, 0.05) is 48.5 Å². The number of hydrogen-bond donors (Lipinski definition) is 1. The topological polar surface area (TPSA) is 94.3 Å². The highest BCUT2D eigenvalue weighted by molar-refractivity contribution is 5.86. The third-order valence-corrected chi connectivity index (χ3v) is 6.02. The molecule has 0 saturated carbocycles. The van der Waals surface area contributed by atoms with E-state index in [1.54, 1.807) is 12.4 Å². The number of anilines is 2. The van der Waals surface area contributed by atoms with Gasteiger partial charge in [0.25, 0.3) is 0 Å². The zero-order valence-electron chi connectivity index (χ0n) is 19.5. The van der Waals surface area contributed by atoms with Crippen molar-refractivity contribution in [3.8, 4) is 22.4 Å². The molecule has 0 spiro atoms. The van der Waals surface area contributed by atoms with E-state index in [2.05, 4.69) is 50.5 Å². The number of nitrogens with zero attached hydrogens (tertiary/aromatic N) is 7. The average molecular weight is 451 g/mol. The monoisotopic (exact) mass is 450 g/mol. The SMILES string of the molecule is CCC(CC)c1cnnc(Nc2ccc3ncc(-c4cn(C)nc4-c4ccncc4)cc3n2)c1. The van der Waals surface area contributed by atoms with E-state index in [9.17, 15) is 0 Å². The molecule has 5 aromatic heterocycles. The summed E-state index contributed by atoms with van der Waals surface area (Å²) < 4.78 is 1.81. The van der Waals surface area contributed by atoms with Crippen LogP contribution in [-0.2, 0) is 7.05 Å². The van der Waals surface area contributed by atoms with Crippen molar-refractivity contribution in [3.05, 3.63) is 72.9 Å². The molecule has 5 rings (SSSR count). The lowest BCUT2D eigenvalue weighted by atomic mass is 9.96. The molecule has 0 aromatic carbocycles. The van der Waals surface area contributed by atoms with Crippen LogP contribution in [-0.4, -0.2) is 34.9 Å². The summed E-state index contributed by atoms with van der Waals surface area (Å²) in [4.78, 5) is 13.6. The Hall–Kier alpha value is -4.20. The molecule has 0 bridgehead atoms. The predicted octanol–water partition coefficient (Wildman–Crippen LogP) is 5.53. The lowest BCUT2D eigenvalue weighted by Crippen LogP contribution is -2.02. The Morgan fingerprint density at radius 1 is 0.912 bits per heavy atom. The highest BCUT2D eigenvalue weighted by Gasteiger charge is 2.14. The molecule has 0 aliphatic rings. The second kappa shape index (κ2) is 9.35. The Kier molecular flexibility index (Phi) is 5.95. The number of hydrogen-bond acceptors (Lipinski definition) is 7. The molecular weight excluding hydrogens is 424 g/mol. The van der Waals surface area contributed by atoms with Crippen molar-refractivity contribution in [3.63, 3.8) is 0 Å². The number of nitrogens with one attached hydrogen (secondary N) is 1. The van der Waals surface area contributed by atoms with Crippen LogP contribution < -0.4 is 5.32 Å². The van der Waals surface area contributed by atoms with Gasteiger partial charge in [-0.2, -0.15) is 10.2 Å². The summed E-state index contributed by atoms with van der Waals surface area (Å²) in [7, 11) is 1.92. The maximum atomic E-state index is 4.80. The Labute approximate surface area is 198 Å². The summed E-state index contributed by atoms with van der Waals surface area (Å²) in [6.07, 6.45) is 11.4. The first-order valence-electron chi connectivity index (χ1n) is 11.5.